The van der Waals surface area contributed by atoms with Crippen LogP contribution in [0.5, 0.6) is 0 Å². The molecule has 2 aromatic rings. The van der Waals surface area contributed by atoms with Crippen LogP contribution in [0.2, 0.25) is 0 Å². The summed E-state index contributed by atoms with van der Waals surface area (Å²) in [5.74, 6) is 0.971. The molecule has 3 rings (SSSR count). The van der Waals surface area contributed by atoms with Gasteiger partial charge in [0.05, 0.1) is 5.54 Å². The van der Waals surface area contributed by atoms with E-state index in [2.05, 4.69) is 26.8 Å². The van der Waals surface area contributed by atoms with Gasteiger partial charge in [0.25, 0.3) is 0 Å². The maximum Gasteiger partial charge on any atom is 0.134 e. The van der Waals surface area contributed by atoms with Gasteiger partial charge < -0.3 is 10.2 Å². The van der Waals surface area contributed by atoms with Crippen molar-refractivity contribution in [2.24, 2.45) is 11.1 Å². The summed E-state index contributed by atoms with van der Waals surface area (Å²) in [5, 5.41) is 1.19. The number of hydrogen-bond donors (Lipinski definition) is 1. The summed E-state index contributed by atoms with van der Waals surface area (Å²) in [5.41, 5.74) is 8.45. The summed E-state index contributed by atoms with van der Waals surface area (Å²) < 4.78 is 5.94. The van der Waals surface area contributed by atoms with Gasteiger partial charge in [-0.2, -0.15) is 0 Å². The van der Waals surface area contributed by atoms with Crippen molar-refractivity contribution >= 4 is 11.0 Å². The van der Waals surface area contributed by atoms with Gasteiger partial charge in [0.15, 0.2) is 0 Å². The van der Waals surface area contributed by atoms with Crippen molar-refractivity contribution < 1.29 is 4.42 Å². The Morgan fingerprint density at radius 1 is 1.25 bits per heavy atom. The molecule has 2 heteroatoms. The summed E-state index contributed by atoms with van der Waals surface area (Å²) in [7, 11) is 0. The van der Waals surface area contributed by atoms with Crippen LogP contribution in [0.15, 0.2) is 28.7 Å². The number of nitrogens with two attached hydrogens (primary N) is 1. The van der Waals surface area contributed by atoms with E-state index in [1.54, 1.807) is 0 Å². The van der Waals surface area contributed by atoms with E-state index in [-0.39, 0.29) is 11.0 Å². The fourth-order valence-electron chi connectivity index (χ4n) is 2.64. The minimum absolute atomic E-state index is 0.158. The summed E-state index contributed by atoms with van der Waals surface area (Å²) >= 11 is 0. The molecule has 2 nitrogen and oxygen atoms in total. The molecule has 0 saturated heterocycles. The second kappa shape index (κ2) is 2.69. The first-order valence-corrected chi connectivity index (χ1v) is 5.73. The van der Waals surface area contributed by atoms with Crippen LogP contribution in [0.4, 0.5) is 0 Å². The lowest BCUT2D eigenvalue weighted by atomic mass is 9.99. The highest BCUT2D eigenvalue weighted by Gasteiger charge is 2.62. The smallest absolute Gasteiger partial charge is 0.134 e. The molecule has 0 aliphatic heterocycles. The van der Waals surface area contributed by atoms with E-state index in [0.29, 0.717) is 0 Å². The van der Waals surface area contributed by atoms with Gasteiger partial charge in [-0.25, -0.2) is 0 Å². The molecule has 1 unspecified atom stereocenters. The standard InChI is InChI=1S/C14H17NO/c1-9-10-6-4-5-7-11(10)16-12(9)14(15)8-13(14,2)3/h4-7H,8,15H2,1-3H3. The monoisotopic (exact) mass is 215 g/mol. The van der Waals surface area contributed by atoms with Gasteiger partial charge in [-0.1, -0.05) is 32.0 Å². The zero-order valence-electron chi connectivity index (χ0n) is 10.0. The van der Waals surface area contributed by atoms with Crippen molar-refractivity contribution in [2.75, 3.05) is 0 Å². The Kier molecular flexibility index (Phi) is 1.67. The van der Waals surface area contributed by atoms with Gasteiger partial charge in [-0.05, 0) is 24.8 Å². The molecule has 0 amide bonds. The van der Waals surface area contributed by atoms with Crippen LogP contribution in [-0.2, 0) is 5.54 Å². The normalized spacial score (nSPS) is 27.2. The first-order chi connectivity index (χ1) is 7.46. The molecule has 0 spiro atoms. The van der Waals surface area contributed by atoms with Crippen LogP contribution < -0.4 is 5.73 Å². The number of furan rings is 1. The SMILES string of the molecule is Cc1c(C2(N)CC2(C)C)oc2ccccc12. The second-order valence-corrected chi connectivity index (χ2v) is 5.58. The van der Waals surface area contributed by atoms with Gasteiger partial charge >= 0.3 is 0 Å². The average Bonchev–Trinajstić information content (AvgIpc) is 2.59. The molecule has 16 heavy (non-hydrogen) atoms. The summed E-state index contributed by atoms with van der Waals surface area (Å²) in [6.45, 7) is 6.49. The Morgan fingerprint density at radius 2 is 1.88 bits per heavy atom. The molecule has 0 bridgehead atoms. The molecule has 2 N–H and O–H groups in total. The molecule has 1 atom stereocenters. The van der Waals surface area contributed by atoms with Gasteiger partial charge in [-0.3, -0.25) is 0 Å². The van der Waals surface area contributed by atoms with Crippen molar-refractivity contribution in [2.45, 2.75) is 32.7 Å². The maximum absolute atomic E-state index is 6.42. The fraction of sp³-hybridized carbons (Fsp3) is 0.429. The van der Waals surface area contributed by atoms with E-state index in [0.717, 1.165) is 17.8 Å². The Morgan fingerprint density at radius 3 is 2.44 bits per heavy atom. The molecular weight excluding hydrogens is 198 g/mol. The van der Waals surface area contributed by atoms with E-state index >= 15 is 0 Å². The molecule has 1 fully saturated rings. The molecule has 84 valence electrons. The summed E-state index contributed by atoms with van der Waals surface area (Å²) in [6, 6.07) is 8.13. The minimum Gasteiger partial charge on any atom is -0.459 e. The number of fused-ring (bicyclic) bond motifs is 1. The van der Waals surface area contributed by atoms with Crippen LogP contribution in [0.1, 0.15) is 31.6 Å². The fourth-order valence-corrected chi connectivity index (χ4v) is 2.64. The highest BCUT2D eigenvalue weighted by Crippen LogP contribution is 2.61. The minimum atomic E-state index is -0.268. The number of benzene rings is 1. The zero-order chi connectivity index (χ0) is 11.6. The van der Waals surface area contributed by atoms with E-state index in [1.807, 2.05) is 18.2 Å². The topological polar surface area (TPSA) is 39.2 Å². The van der Waals surface area contributed by atoms with E-state index in [4.69, 9.17) is 10.2 Å². The van der Waals surface area contributed by atoms with Crippen molar-refractivity contribution in [1.82, 2.24) is 0 Å². The quantitative estimate of drug-likeness (QED) is 0.792. The zero-order valence-corrected chi connectivity index (χ0v) is 10.0. The van der Waals surface area contributed by atoms with Crippen LogP contribution in [0, 0.1) is 12.3 Å². The molecule has 0 radical (unpaired) electrons. The third-order valence-electron chi connectivity index (χ3n) is 4.05. The van der Waals surface area contributed by atoms with Gasteiger partial charge in [-0.15, -0.1) is 0 Å². The van der Waals surface area contributed by atoms with E-state index < -0.39 is 0 Å². The molecule has 1 aliphatic carbocycles. The van der Waals surface area contributed by atoms with Crippen LogP contribution in [0.3, 0.4) is 0 Å². The first-order valence-electron chi connectivity index (χ1n) is 5.73. The van der Waals surface area contributed by atoms with Crippen molar-refractivity contribution in [3.05, 3.63) is 35.6 Å². The Hall–Kier alpha value is -1.28. The molecule has 1 aromatic heterocycles. The average molecular weight is 215 g/mol. The molecular formula is C14H17NO. The molecule has 1 aromatic carbocycles. The van der Waals surface area contributed by atoms with E-state index in [9.17, 15) is 0 Å². The lowest BCUT2D eigenvalue weighted by Crippen LogP contribution is -2.25. The Bertz CT molecular complexity index is 567. The van der Waals surface area contributed by atoms with Crippen LogP contribution in [0.25, 0.3) is 11.0 Å². The largest absolute Gasteiger partial charge is 0.459 e. The highest BCUT2D eigenvalue weighted by molar-refractivity contribution is 5.82. The van der Waals surface area contributed by atoms with Gasteiger partial charge in [0.1, 0.15) is 11.3 Å². The lowest BCUT2D eigenvalue weighted by molar-refractivity contribution is 0.413. The highest BCUT2D eigenvalue weighted by atomic mass is 16.3. The Balaban J connectivity index is 2.23. The lowest BCUT2D eigenvalue weighted by Gasteiger charge is -2.12. The number of hydrogen-bond acceptors (Lipinski definition) is 2. The van der Waals surface area contributed by atoms with E-state index in [1.165, 1.54) is 10.9 Å². The molecule has 1 saturated carbocycles. The summed E-state index contributed by atoms with van der Waals surface area (Å²) in [4.78, 5) is 0. The number of rotatable bonds is 1. The maximum atomic E-state index is 6.42. The van der Waals surface area contributed by atoms with Crippen molar-refractivity contribution in [1.29, 1.82) is 0 Å². The predicted octanol–water partition coefficient (Wildman–Crippen LogP) is 3.33. The number of aryl methyl sites for hydroxylation is 1. The van der Waals surface area contributed by atoms with Crippen LogP contribution in [-0.4, -0.2) is 0 Å². The van der Waals surface area contributed by atoms with Crippen molar-refractivity contribution in [3.63, 3.8) is 0 Å². The van der Waals surface area contributed by atoms with Crippen LogP contribution >= 0.6 is 0 Å². The molecule has 1 aliphatic rings. The summed E-state index contributed by atoms with van der Waals surface area (Å²) in [6.07, 6.45) is 1.00. The number of para-hydroxylation sites is 1. The van der Waals surface area contributed by atoms with Gasteiger partial charge in [0, 0.05) is 10.9 Å². The Labute approximate surface area is 95.4 Å². The second-order valence-electron chi connectivity index (χ2n) is 5.58. The van der Waals surface area contributed by atoms with Gasteiger partial charge in [0.2, 0.25) is 0 Å². The third kappa shape index (κ3) is 1.05. The first kappa shape index (κ1) is 9.91. The predicted molar refractivity (Wildman–Crippen MR) is 65.2 cm³/mol. The van der Waals surface area contributed by atoms with Crippen molar-refractivity contribution in [3.8, 4) is 0 Å². The third-order valence-corrected chi connectivity index (χ3v) is 4.05. The molecule has 1 heterocycles.